The Morgan fingerprint density at radius 3 is 3.06 bits per heavy atom. The van der Waals surface area contributed by atoms with Gasteiger partial charge in [0.05, 0.1) is 19.1 Å². The van der Waals surface area contributed by atoms with Crippen LogP contribution >= 0.6 is 11.3 Å². The van der Waals surface area contributed by atoms with Gasteiger partial charge in [0, 0.05) is 0 Å². The Bertz CT molecular complexity index is 490. The van der Waals surface area contributed by atoms with Gasteiger partial charge in [-0.25, -0.2) is 9.78 Å². The lowest BCUT2D eigenvalue weighted by atomic mass is 10.3. The van der Waals surface area contributed by atoms with Crippen molar-refractivity contribution in [3.05, 3.63) is 10.6 Å². The first kappa shape index (κ1) is 12.0. The quantitative estimate of drug-likeness (QED) is 0.614. The second kappa shape index (κ2) is 5.74. The molecule has 2 N–H and O–H groups in total. The lowest BCUT2D eigenvalue weighted by Crippen LogP contribution is -2.06. The number of ether oxygens (including phenoxy) is 1. The van der Waals surface area contributed by atoms with Gasteiger partial charge in [0.25, 0.3) is 0 Å². The number of rotatable bonds is 2. The van der Waals surface area contributed by atoms with Gasteiger partial charge in [-0.3, -0.25) is 0 Å². The Kier molecular flexibility index (Phi) is 4.31. The SMILES string of the molecule is CCOC(=O)c1nc(N)sc1C#CCC#N. The van der Waals surface area contributed by atoms with E-state index in [9.17, 15) is 4.79 Å². The van der Waals surface area contributed by atoms with Crippen LogP contribution in [-0.2, 0) is 4.74 Å². The number of carbonyl (C=O) groups excluding carboxylic acids is 1. The number of esters is 1. The topological polar surface area (TPSA) is 89.0 Å². The summed E-state index contributed by atoms with van der Waals surface area (Å²) in [4.78, 5) is 15.7. The molecule has 1 aromatic heterocycles. The maximum atomic E-state index is 11.4. The summed E-state index contributed by atoms with van der Waals surface area (Å²) in [7, 11) is 0. The van der Waals surface area contributed by atoms with Crippen molar-refractivity contribution in [3.63, 3.8) is 0 Å². The fourth-order valence-corrected chi connectivity index (χ4v) is 1.62. The number of nitrogen functional groups attached to an aromatic ring is 1. The molecular formula is C10H9N3O2S. The fourth-order valence-electron chi connectivity index (χ4n) is 0.923. The first-order valence-corrected chi connectivity index (χ1v) is 5.30. The molecule has 0 spiro atoms. The molecule has 1 heterocycles. The van der Waals surface area contributed by atoms with Crippen LogP contribution in [0.5, 0.6) is 0 Å². The van der Waals surface area contributed by atoms with Gasteiger partial charge >= 0.3 is 5.97 Å². The van der Waals surface area contributed by atoms with E-state index >= 15 is 0 Å². The third kappa shape index (κ3) is 2.97. The summed E-state index contributed by atoms with van der Waals surface area (Å²) in [5.41, 5.74) is 5.60. The summed E-state index contributed by atoms with van der Waals surface area (Å²) in [6, 6.07) is 1.88. The Morgan fingerprint density at radius 2 is 2.44 bits per heavy atom. The minimum absolute atomic E-state index is 0.0973. The van der Waals surface area contributed by atoms with Crippen molar-refractivity contribution >= 4 is 22.4 Å². The summed E-state index contributed by atoms with van der Waals surface area (Å²) in [5.74, 6) is 4.73. The lowest BCUT2D eigenvalue weighted by Gasteiger charge is -1.97. The summed E-state index contributed by atoms with van der Waals surface area (Å²) < 4.78 is 4.81. The average molecular weight is 235 g/mol. The van der Waals surface area contributed by atoms with E-state index in [0.717, 1.165) is 11.3 Å². The Morgan fingerprint density at radius 1 is 1.69 bits per heavy atom. The zero-order chi connectivity index (χ0) is 12.0. The molecule has 0 saturated carbocycles. The summed E-state index contributed by atoms with van der Waals surface area (Å²) in [6.07, 6.45) is 0.0973. The summed E-state index contributed by atoms with van der Waals surface area (Å²) in [5, 5.41) is 8.59. The first-order valence-electron chi connectivity index (χ1n) is 4.48. The molecule has 16 heavy (non-hydrogen) atoms. The smallest absolute Gasteiger partial charge is 0.359 e. The van der Waals surface area contributed by atoms with Crippen molar-refractivity contribution in [2.45, 2.75) is 13.3 Å². The molecule has 0 aliphatic heterocycles. The first-order chi connectivity index (χ1) is 7.69. The van der Waals surface area contributed by atoms with Crippen LogP contribution in [0.2, 0.25) is 0 Å². The molecule has 0 bridgehead atoms. The Balaban J connectivity index is 2.98. The molecule has 0 aliphatic rings. The van der Waals surface area contributed by atoms with Gasteiger partial charge in [-0.05, 0) is 6.92 Å². The van der Waals surface area contributed by atoms with Crippen molar-refractivity contribution < 1.29 is 9.53 Å². The number of nitrogens with zero attached hydrogens (tertiary/aromatic N) is 2. The predicted molar refractivity (Wildman–Crippen MR) is 59.6 cm³/mol. The number of thiazole rings is 1. The highest BCUT2D eigenvalue weighted by Crippen LogP contribution is 2.20. The highest BCUT2D eigenvalue weighted by molar-refractivity contribution is 7.16. The zero-order valence-corrected chi connectivity index (χ0v) is 9.43. The molecule has 1 rings (SSSR count). The molecule has 1 aromatic rings. The second-order valence-electron chi connectivity index (χ2n) is 2.59. The van der Waals surface area contributed by atoms with Gasteiger partial charge in [0.1, 0.15) is 4.88 Å². The third-order valence-corrected chi connectivity index (χ3v) is 2.28. The van der Waals surface area contributed by atoms with Crippen LogP contribution in [-0.4, -0.2) is 17.6 Å². The standard InChI is InChI=1S/C10H9N3O2S/c1-2-15-9(14)8-7(5-3-4-6-11)16-10(12)13-8/h2,4H2,1H3,(H2,12,13). The van der Waals surface area contributed by atoms with Crippen LogP contribution in [0.3, 0.4) is 0 Å². The third-order valence-electron chi connectivity index (χ3n) is 1.48. The van der Waals surface area contributed by atoms with Crippen molar-refractivity contribution in [2.24, 2.45) is 0 Å². The van der Waals surface area contributed by atoms with Gasteiger partial charge in [-0.2, -0.15) is 5.26 Å². The average Bonchev–Trinajstić information content (AvgIpc) is 2.61. The van der Waals surface area contributed by atoms with E-state index < -0.39 is 5.97 Å². The van der Waals surface area contributed by atoms with Crippen molar-refractivity contribution in [1.82, 2.24) is 4.98 Å². The Hall–Kier alpha value is -2.05. The molecule has 0 saturated heterocycles. The number of aromatic nitrogens is 1. The molecule has 0 amide bonds. The minimum atomic E-state index is -0.545. The van der Waals surface area contributed by atoms with Crippen molar-refractivity contribution in [1.29, 1.82) is 5.26 Å². The number of nitrogens with two attached hydrogens (primary N) is 1. The van der Waals surface area contributed by atoms with Crippen molar-refractivity contribution in [3.8, 4) is 17.9 Å². The Labute approximate surface area is 96.9 Å². The number of hydrogen-bond donors (Lipinski definition) is 1. The van der Waals surface area contributed by atoms with E-state index in [1.165, 1.54) is 0 Å². The molecule has 82 valence electrons. The second-order valence-corrected chi connectivity index (χ2v) is 3.62. The largest absolute Gasteiger partial charge is 0.461 e. The van der Waals surface area contributed by atoms with E-state index in [2.05, 4.69) is 16.8 Å². The van der Waals surface area contributed by atoms with E-state index in [1.807, 2.05) is 6.07 Å². The molecule has 6 heteroatoms. The van der Waals surface area contributed by atoms with Crippen LogP contribution < -0.4 is 5.73 Å². The van der Waals surface area contributed by atoms with Gasteiger partial charge in [0.15, 0.2) is 10.8 Å². The zero-order valence-electron chi connectivity index (χ0n) is 8.61. The molecule has 5 nitrogen and oxygen atoms in total. The predicted octanol–water partition coefficient (Wildman–Crippen LogP) is 1.17. The van der Waals surface area contributed by atoms with Crippen LogP contribution in [0, 0.1) is 23.2 Å². The number of hydrogen-bond acceptors (Lipinski definition) is 6. The maximum absolute atomic E-state index is 11.4. The van der Waals surface area contributed by atoms with Crippen LogP contribution in [0.4, 0.5) is 5.13 Å². The number of anilines is 1. The van der Waals surface area contributed by atoms with Gasteiger partial charge in [-0.1, -0.05) is 23.2 Å². The summed E-state index contributed by atoms with van der Waals surface area (Å²) >= 11 is 1.10. The fraction of sp³-hybridized carbons (Fsp3) is 0.300. The number of carbonyl (C=O) groups is 1. The minimum Gasteiger partial charge on any atom is -0.461 e. The molecule has 0 atom stereocenters. The maximum Gasteiger partial charge on any atom is 0.359 e. The molecule has 0 unspecified atom stereocenters. The highest BCUT2D eigenvalue weighted by atomic mass is 32.1. The molecule has 0 fully saturated rings. The van der Waals surface area contributed by atoms with Gasteiger partial charge in [-0.15, -0.1) is 0 Å². The number of nitriles is 1. The van der Waals surface area contributed by atoms with Crippen LogP contribution in [0.25, 0.3) is 0 Å². The van der Waals surface area contributed by atoms with E-state index in [4.69, 9.17) is 15.7 Å². The van der Waals surface area contributed by atoms with E-state index in [1.54, 1.807) is 6.92 Å². The summed E-state index contributed by atoms with van der Waals surface area (Å²) in [6.45, 7) is 1.97. The molecule has 0 aliphatic carbocycles. The van der Waals surface area contributed by atoms with Crippen LogP contribution in [0.1, 0.15) is 28.7 Å². The van der Waals surface area contributed by atoms with Crippen molar-refractivity contribution in [2.75, 3.05) is 12.3 Å². The molecule has 0 aromatic carbocycles. The van der Waals surface area contributed by atoms with Gasteiger partial charge < -0.3 is 10.5 Å². The van der Waals surface area contributed by atoms with E-state index in [-0.39, 0.29) is 23.9 Å². The molecular weight excluding hydrogens is 226 g/mol. The monoisotopic (exact) mass is 235 g/mol. The lowest BCUT2D eigenvalue weighted by molar-refractivity contribution is 0.0520. The van der Waals surface area contributed by atoms with Crippen LogP contribution in [0.15, 0.2) is 0 Å². The normalized spacial score (nSPS) is 8.75. The molecule has 0 radical (unpaired) electrons. The van der Waals surface area contributed by atoms with Gasteiger partial charge in [0.2, 0.25) is 0 Å². The van der Waals surface area contributed by atoms with E-state index in [0.29, 0.717) is 4.88 Å². The highest BCUT2D eigenvalue weighted by Gasteiger charge is 2.16.